The van der Waals surface area contributed by atoms with Gasteiger partial charge in [-0.3, -0.25) is 4.79 Å². The zero-order valence-electron chi connectivity index (χ0n) is 14.2. The summed E-state index contributed by atoms with van der Waals surface area (Å²) in [6, 6.07) is 0. The molecule has 0 aliphatic carbocycles. The SMILES string of the molecule is CC(C)CCN(CCC(C)C)C(=O)Cn1cc(Br)c([N+](=O)[O-])n1. The highest BCUT2D eigenvalue weighted by atomic mass is 79.9. The van der Waals surface area contributed by atoms with E-state index >= 15 is 0 Å². The monoisotopic (exact) mass is 388 g/mol. The van der Waals surface area contributed by atoms with Crippen LogP contribution in [0.2, 0.25) is 0 Å². The predicted molar refractivity (Wildman–Crippen MR) is 92.1 cm³/mol. The molecule has 1 aromatic rings. The van der Waals surface area contributed by atoms with Gasteiger partial charge in [-0.25, -0.2) is 0 Å². The maximum atomic E-state index is 12.5. The van der Waals surface area contributed by atoms with Crippen molar-refractivity contribution in [1.29, 1.82) is 0 Å². The summed E-state index contributed by atoms with van der Waals surface area (Å²) < 4.78 is 1.61. The number of aromatic nitrogens is 2. The number of hydrogen-bond donors (Lipinski definition) is 0. The first kappa shape index (κ1) is 19.6. The number of carbonyl (C=O) groups is 1. The number of halogens is 1. The van der Waals surface area contributed by atoms with E-state index in [1.54, 1.807) is 0 Å². The zero-order chi connectivity index (χ0) is 17.6. The first-order valence-corrected chi connectivity index (χ1v) is 8.65. The minimum atomic E-state index is -0.569. The molecule has 0 saturated carbocycles. The summed E-state index contributed by atoms with van der Waals surface area (Å²) in [6.45, 7) is 9.92. The first-order valence-electron chi connectivity index (χ1n) is 7.85. The van der Waals surface area contributed by atoms with Crippen LogP contribution in [0.5, 0.6) is 0 Å². The Morgan fingerprint density at radius 1 is 1.30 bits per heavy atom. The van der Waals surface area contributed by atoms with Crippen LogP contribution in [0.4, 0.5) is 5.82 Å². The molecule has 0 unspecified atom stereocenters. The van der Waals surface area contributed by atoms with Crippen LogP contribution in [0.1, 0.15) is 40.5 Å². The Hall–Kier alpha value is -1.44. The van der Waals surface area contributed by atoms with Gasteiger partial charge in [0.2, 0.25) is 5.91 Å². The molecular formula is C15H25BrN4O3. The van der Waals surface area contributed by atoms with Gasteiger partial charge < -0.3 is 15.0 Å². The van der Waals surface area contributed by atoms with E-state index in [2.05, 4.69) is 48.7 Å². The summed E-state index contributed by atoms with van der Waals surface area (Å²) in [5, 5.41) is 14.7. The fraction of sp³-hybridized carbons (Fsp3) is 0.733. The summed E-state index contributed by atoms with van der Waals surface area (Å²) in [4.78, 5) is 24.6. The highest BCUT2D eigenvalue weighted by Crippen LogP contribution is 2.22. The van der Waals surface area contributed by atoms with Crippen molar-refractivity contribution < 1.29 is 9.72 Å². The topological polar surface area (TPSA) is 81.3 Å². The molecule has 0 aromatic carbocycles. The van der Waals surface area contributed by atoms with E-state index in [0.29, 0.717) is 24.9 Å². The molecule has 1 heterocycles. The zero-order valence-corrected chi connectivity index (χ0v) is 15.7. The van der Waals surface area contributed by atoms with Gasteiger partial charge in [-0.05, 0) is 45.5 Å². The second kappa shape index (κ2) is 9.00. The third-order valence-electron chi connectivity index (χ3n) is 3.47. The van der Waals surface area contributed by atoms with Crippen LogP contribution >= 0.6 is 15.9 Å². The normalized spacial score (nSPS) is 11.3. The fourth-order valence-electron chi connectivity index (χ4n) is 2.02. The Morgan fingerprint density at radius 2 is 1.83 bits per heavy atom. The van der Waals surface area contributed by atoms with Gasteiger partial charge >= 0.3 is 5.82 Å². The second-order valence-corrected chi connectivity index (χ2v) is 7.36. The maximum Gasteiger partial charge on any atom is 0.404 e. The highest BCUT2D eigenvalue weighted by Gasteiger charge is 2.22. The van der Waals surface area contributed by atoms with Crippen molar-refractivity contribution in [2.24, 2.45) is 11.8 Å². The number of rotatable bonds is 9. The Labute approximate surface area is 145 Å². The average Bonchev–Trinajstić information content (AvgIpc) is 2.78. The van der Waals surface area contributed by atoms with Crippen molar-refractivity contribution in [3.05, 3.63) is 20.8 Å². The fourth-order valence-corrected chi connectivity index (χ4v) is 2.48. The van der Waals surface area contributed by atoms with Crippen molar-refractivity contribution in [1.82, 2.24) is 14.7 Å². The molecular weight excluding hydrogens is 364 g/mol. The molecule has 8 heteroatoms. The Morgan fingerprint density at radius 3 is 2.22 bits per heavy atom. The maximum absolute atomic E-state index is 12.5. The summed E-state index contributed by atoms with van der Waals surface area (Å²) in [5.74, 6) is 0.707. The molecule has 1 rings (SSSR count). The molecule has 1 amide bonds. The molecule has 23 heavy (non-hydrogen) atoms. The van der Waals surface area contributed by atoms with Crippen molar-refractivity contribution in [2.45, 2.75) is 47.1 Å². The molecule has 1 aromatic heterocycles. The minimum absolute atomic E-state index is 0.0165. The smallest absolute Gasteiger partial charge is 0.358 e. The van der Waals surface area contributed by atoms with E-state index in [-0.39, 0.29) is 22.7 Å². The van der Waals surface area contributed by atoms with Gasteiger partial charge in [0.25, 0.3) is 0 Å². The minimum Gasteiger partial charge on any atom is -0.358 e. The molecule has 0 radical (unpaired) electrons. The van der Waals surface area contributed by atoms with Crippen LogP contribution < -0.4 is 0 Å². The van der Waals surface area contributed by atoms with Crippen LogP contribution in [0, 0.1) is 22.0 Å². The lowest BCUT2D eigenvalue weighted by atomic mass is 10.1. The molecule has 7 nitrogen and oxygen atoms in total. The third kappa shape index (κ3) is 6.68. The number of amides is 1. The van der Waals surface area contributed by atoms with Gasteiger partial charge in [-0.2, -0.15) is 4.68 Å². The predicted octanol–water partition coefficient (Wildman–Crippen LogP) is 3.47. The van der Waals surface area contributed by atoms with Crippen LogP contribution in [-0.2, 0) is 11.3 Å². The Kier molecular flexibility index (Phi) is 7.67. The van der Waals surface area contributed by atoms with E-state index < -0.39 is 4.92 Å². The summed E-state index contributed by atoms with van der Waals surface area (Å²) in [7, 11) is 0. The molecule has 0 bridgehead atoms. The van der Waals surface area contributed by atoms with Gasteiger partial charge in [0, 0.05) is 13.1 Å². The number of hydrogen-bond acceptors (Lipinski definition) is 4. The largest absolute Gasteiger partial charge is 0.404 e. The standard InChI is InChI=1S/C15H25BrN4O3/c1-11(2)5-7-18(8-6-12(3)4)14(21)10-19-9-13(16)15(17-19)20(22)23/h9,11-12H,5-8,10H2,1-4H3. The quantitative estimate of drug-likeness (QED) is 0.478. The highest BCUT2D eigenvalue weighted by molar-refractivity contribution is 9.10. The molecule has 0 fully saturated rings. The summed E-state index contributed by atoms with van der Waals surface area (Å²) in [6.07, 6.45) is 3.35. The van der Waals surface area contributed by atoms with Gasteiger partial charge in [-0.15, -0.1) is 0 Å². The van der Waals surface area contributed by atoms with Crippen molar-refractivity contribution in [3.8, 4) is 0 Å². The van der Waals surface area contributed by atoms with Crippen molar-refractivity contribution in [3.63, 3.8) is 0 Å². The number of nitro groups is 1. The number of carbonyl (C=O) groups excluding carboxylic acids is 1. The van der Waals surface area contributed by atoms with E-state index in [1.165, 1.54) is 10.9 Å². The van der Waals surface area contributed by atoms with E-state index in [4.69, 9.17) is 0 Å². The average molecular weight is 389 g/mol. The van der Waals surface area contributed by atoms with Crippen LogP contribution in [0.25, 0.3) is 0 Å². The van der Waals surface area contributed by atoms with Gasteiger partial charge in [0.15, 0.2) is 0 Å². The lowest BCUT2D eigenvalue weighted by Gasteiger charge is -2.24. The lowest BCUT2D eigenvalue weighted by molar-refractivity contribution is -0.390. The van der Waals surface area contributed by atoms with E-state index in [0.717, 1.165) is 12.8 Å². The molecule has 0 saturated heterocycles. The third-order valence-corrected chi connectivity index (χ3v) is 4.03. The second-order valence-electron chi connectivity index (χ2n) is 6.50. The van der Waals surface area contributed by atoms with Crippen molar-refractivity contribution >= 4 is 27.7 Å². The molecule has 0 aliphatic rings. The molecule has 130 valence electrons. The first-order chi connectivity index (χ1) is 10.7. The van der Waals surface area contributed by atoms with E-state index in [9.17, 15) is 14.9 Å². The molecule has 0 aliphatic heterocycles. The van der Waals surface area contributed by atoms with Gasteiger partial charge in [-0.1, -0.05) is 27.7 Å². The lowest BCUT2D eigenvalue weighted by Crippen LogP contribution is -2.36. The Bertz CT molecular complexity index is 531. The molecule has 0 N–H and O–H groups in total. The van der Waals surface area contributed by atoms with Crippen LogP contribution in [0.15, 0.2) is 10.7 Å². The Balaban J connectivity index is 2.74. The van der Waals surface area contributed by atoms with Crippen molar-refractivity contribution in [2.75, 3.05) is 13.1 Å². The van der Waals surface area contributed by atoms with Crippen LogP contribution in [0.3, 0.4) is 0 Å². The number of nitrogens with zero attached hydrogens (tertiary/aromatic N) is 4. The summed E-state index contributed by atoms with van der Waals surface area (Å²) in [5.41, 5.74) is 0. The van der Waals surface area contributed by atoms with Gasteiger partial charge in [0.05, 0.1) is 11.3 Å². The summed E-state index contributed by atoms with van der Waals surface area (Å²) >= 11 is 3.09. The van der Waals surface area contributed by atoms with E-state index in [1.807, 2.05) is 4.90 Å². The van der Waals surface area contributed by atoms with Gasteiger partial charge in [0.1, 0.15) is 11.0 Å². The molecule has 0 atom stereocenters. The van der Waals surface area contributed by atoms with Crippen LogP contribution in [-0.4, -0.2) is 38.6 Å². The molecule has 0 spiro atoms.